The van der Waals surface area contributed by atoms with E-state index < -0.39 is 76.8 Å². The van der Waals surface area contributed by atoms with Crippen LogP contribution >= 0.6 is 0 Å². The van der Waals surface area contributed by atoms with E-state index in [1.54, 1.807) is 73.4 Å². The first kappa shape index (κ1) is 91.2. The molecule has 0 amide bonds. The fourth-order valence-electron chi connectivity index (χ4n) is 10.6. The number of halogens is 6. The summed E-state index contributed by atoms with van der Waals surface area (Å²) in [4.78, 5) is 72.9. The minimum atomic E-state index is -5.84. The largest absolute Gasteiger partial charge is 0.522 e. The van der Waals surface area contributed by atoms with Gasteiger partial charge in [-0.15, -0.1) is 0 Å². The predicted molar refractivity (Wildman–Crippen MR) is 368 cm³/mol. The summed E-state index contributed by atoms with van der Waals surface area (Å²) in [5, 5.41) is 46.3. The van der Waals surface area contributed by atoms with Crippen molar-refractivity contribution in [2.45, 2.75) is 217 Å². The van der Waals surface area contributed by atoms with Crippen LogP contribution in [0.5, 0.6) is 46.0 Å². The van der Waals surface area contributed by atoms with Crippen LogP contribution in [0.1, 0.15) is 205 Å². The molecule has 2 aliphatic carbocycles. The van der Waals surface area contributed by atoms with Gasteiger partial charge in [0.1, 0.15) is 46.0 Å². The van der Waals surface area contributed by atoms with Crippen LogP contribution < -0.4 is 18.9 Å². The number of carbonyl (C=O) groups is 4. The second kappa shape index (κ2) is 38.0. The van der Waals surface area contributed by atoms with Crippen LogP contribution in [0.3, 0.4) is 0 Å². The molecule has 2 radical (unpaired) electrons. The van der Waals surface area contributed by atoms with Crippen molar-refractivity contribution in [3.8, 4) is 46.0 Å². The zero-order valence-corrected chi connectivity index (χ0v) is 63.2. The molecule has 3 aliphatic rings. The van der Waals surface area contributed by atoms with E-state index in [0.717, 1.165) is 25.7 Å². The number of nitrogens with zero attached hydrogens (tertiary/aromatic N) is 4. The van der Waals surface area contributed by atoms with Crippen LogP contribution in [0.4, 0.5) is 26.3 Å². The van der Waals surface area contributed by atoms with Crippen LogP contribution in [0.2, 0.25) is 0 Å². The molecule has 1 heterocycles. The van der Waals surface area contributed by atoms with Crippen LogP contribution in [0.25, 0.3) is 0 Å². The molecule has 582 valence electrons. The number of phenolic OH excluding ortho intramolecular Hbond substituents is 4. The Bertz CT molecular complexity index is 3550. The molecule has 4 atom stereocenters. The fourth-order valence-corrected chi connectivity index (χ4v) is 10.6. The van der Waals surface area contributed by atoms with Crippen molar-refractivity contribution >= 4 is 69.0 Å². The van der Waals surface area contributed by atoms with Gasteiger partial charge in [0.05, 0.1) is 76.3 Å². The molecule has 4 aromatic rings. The summed E-state index contributed by atoms with van der Waals surface area (Å²) in [5.74, 6) is -1.51. The monoisotopic (exact) mass is 1600 g/mol. The van der Waals surface area contributed by atoms with Crippen molar-refractivity contribution in [1.82, 2.24) is 0 Å². The number of aromatic hydroxyl groups is 4. The summed E-state index contributed by atoms with van der Waals surface area (Å²) in [6.07, 6.45) is 12.2. The summed E-state index contributed by atoms with van der Waals surface area (Å²) >= 11 is 0. The zero-order valence-electron chi connectivity index (χ0n) is 59.5. The molecular formula is C70H90Co2F6N4O20S2. The normalized spacial score (nSPS) is 19.4. The number of hydrogen-bond donors (Lipinski definition) is 6. The standard InChI is InChI=1S/C68H88N4O14.2CHF3O3S.2Co/c1-65(2,3)49-33-45-29-41(61(49)77)37-69-53-17-13-14-18-54(53)70-38-42-30-46(34-50(62(42)78)66(4,5)6)85-59(75)23-27-82-28-24-60(76)86-48-32-44(64(80)52(36-48)68(10,11)12)40-72-56-20-16-15-19-55(56)71-39-43-31-47(35-51(63(43)79)67(7,8)9)84-58(74)22-26-81-25-21-57(73)83-45;2*2-1(3,4)8(5,6)7;;/h29-40,53-56,77-80H,13-28H2,1-12H3;2*(H,5,6,7);;. The van der Waals surface area contributed by atoms with E-state index in [4.69, 9.17) is 74.3 Å². The number of phenols is 4. The Balaban J connectivity index is 0.00000139. The van der Waals surface area contributed by atoms with E-state index in [9.17, 15) is 65.9 Å². The third kappa shape index (κ3) is 28.0. The maximum Gasteiger partial charge on any atom is 0.522 e. The third-order valence-electron chi connectivity index (χ3n) is 16.0. The Morgan fingerprint density at radius 1 is 0.356 bits per heavy atom. The topological polar surface area (TPSA) is 363 Å². The molecule has 4 aromatic carbocycles. The smallest absolute Gasteiger partial charge is 0.507 e. The first-order valence-electron chi connectivity index (χ1n) is 32.6. The number of esters is 4. The van der Waals surface area contributed by atoms with Crippen molar-refractivity contribution in [3.63, 3.8) is 0 Å². The molecule has 0 aromatic heterocycles. The number of ether oxygens (including phenoxy) is 6. The van der Waals surface area contributed by atoms with Gasteiger partial charge in [0, 0.05) is 103 Å². The zero-order chi connectivity index (χ0) is 76.7. The van der Waals surface area contributed by atoms with Crippen LogP contribution in [0, 0.1) is 0 Å². The summed E-state index contributed by atoms with van der Waals surface area (Å²) in [6.45, 7) is 23.1. The summed E-state index contributed by atoms with van der Waals surface area (Å²) in [6, 6.07) is 11.6. The van der Waals surface area contributed by atoms with E-state index in [2.05, 4.69) is 0 Å². The van der Waals surface area contributed by atoms with E-state index in [0.29, 0.717) is 70.2 Å². The van der Waals surface area contributed by atoms with Crippen LogP contribution in [-0.2, 0) is 104 Å². The maximum absolute atomic E-state index is 13.3. The van der Waals surface area contributed by atoms with Crippen molar-refractivity contribution in [2.24, 2.45) is 20.0 Å². The predicted octanol–water partition coefficient (Wildman–Crippen LogP) is 13.1. The number of carbonyl (C=O) groups excluding carboxylic acids is 4. The Hall–Kier alpha value is -7.03. The minimum absolute atomic E-state index is 0. The number of benzene rings is 4. The van der Waals surface area contributed by atoms with Crippen LogP contribution in [0.15, 0.2) is 68.5 Å². The molecule has 2 fully saturated rings. The SMILES string of the molecule is CC(C)(C)c1cc2cc(c1O)C=NC1CCCCC1N=Cc1cc(cc(C(C)(C)C)c1O)OC(=O)CCOCCC(=O)Oc1cc(c(O)c(C(C)(C)C)c1)C=NC1CCCCC1N=Cc1cc(cc(C(C)(C)C)c1O)OC(=O)CCOCCC(=O)O2.O=S(=O)(O)C(F)(F)F.O=S(=O)(O)C(F)(F)F.[Co].[Co]. The Morgan fingerprint density at radius 3 is 0.683 bits per heavy atom. The fraction of sp³-hybridized carbons (Fsp3) is 0.543. The number of hydrogen-bond acceptors (Lipinski definition) is 22. The van der Waals surface area contributed by atoms with Crippen LogP contribution in [-0.4, -0.2) is 157 Å². The Morgan fingerprint density at radius 2 is 0.529 bits per heavy atom. The molecule has 0 saturated heterocycles. The second-order valence-electron chi connectivity index (χ2n) is 28.5. The van der Waals surface area contributed by atoms with Crippen molar-refractivity contribution < 1.29 is 154 Å². The minimum Gasteiger partial charge on any atom is -0.507 e. The molecular weight excluding hydrogens is 1510 g/mol. The van der Waals surface area contributed by atoms with Gasteiger partial charge >= 0.3 is 55.1 Å². The first-order valence-corrected chi connectivity index (χ1v) is 35.5. The average molecular weight is 1600 g/mol. The maximum atomic E-state index is 13.3. The molecule has 7 rings (SSSR count). The van der Waals surface area contributed by atoms with Gasteiger partial charge in [0.15, 0.2) is 0 Å². The van der Waals surface area contributed by atoms with Gasteiger partial charge in [-0.2, -0.15) is 43.2 Å². The Kier molecular flexibility index (Phi) is 33.3. The number of fused-ring (bicyclic) bond motifs is 10. The molecule has 6 N–H and O–H groups in total. The van der Waals surface area contributed by atoms with Gasteiger partial charge in [-0.25, -0.2) is 0 Å². The van der Waals surface area contributed by atoms with Gasteiger partial charge in [0.25, 0.3) is 0 Å². The van der Waals surface area contributed by atoms with Crippen molar-refractivity contribution in [1.29, 1.82) is 0 Å². The van der Waals surface area contributed by atoms with Gasteiger partial charge in [-0.1, -0.05) is 109 Å². The quantitative estimate of drug-likeness (QED) is 0.0313. The van der Waals surface area contributed by atoms with Crippen molar-refractivity contribution in [3.05, 3.63) is 93.0 Å². The molecule has 24 nitrogen and oxygen atoms in total. The molecule has 104 heavy (non-hydrogen) atoms. The number of aliphatic imine (C=N–C) groups is 4. The van der Waals surface area contributed by atoms with Gasteiger partial charge in [-0.05, 0) is 95.9 Å². The number of alkyl halides is 6. The second-order valence-corrected chi connectivity index (χ2v) is 31.4. The van der Waals surface area contributed by atoms with E-state index in [1.807, 2.05) is 83.1 Å². The summed E-state index contributed by atoms with van der Waals surface area (Å²) in [7, 11) is -11.7. The summed E-state index contributed by atoms with van der Waals surface area (Å²) < 4.78 is 150. The molecule has 1 aliphatic heterocycles. The third-order valence-corrected chi connectivity index (χ3v) is 17.2. The molecule has 8 bridgehead atoms. The molecule has 4 unspecified atom stereocenters. The first-order chi connectivity index (χ1) is 46.9. The Labute approximate surface area is 621 Å². The molecule has 34 heteroatoms. The van der Waals surface area contributed by atoms with Crippen molar-refractivity contribution in [2.75, 3.05) is 26.4 Å². The van der Waals surface area contributed by atoms with Gasteiger partial charge in [-0.3, -0.25) is 48.3 Å². The van der Waals surface area contributed by atoms with Gasteiger partial charge in [0.2, 0.25) is 0 Å². The molecule has 2 saturated carbocycles. The summed E-state index contributed by atoms with van der Waals surface area (Å²) in [5.41, 5.74) is -9.67. The number of rotatable bonds is 0. The average Bonchev–Trinajstić information content (AvgIpc) is 0.813. The van der Waals surface area contributed by atoms with Gasteiger partial charge < -0.3 is 48.8 Å². The van der Waals surface area contributed by atoms with E-state index in [-0.39, 0.29) is 156 Å². The van der Waals surface area contributed by atoms with E-state index >= 15 is 0 Å². The molecule has 0 spiro atoms. The van der Waals surface area contributed by atoms with E-state index in [1.165, 1.54) is 0 Å².